The topological polar surface area (TPSA) is 61.8 Å². The van der Waals surface area contributed by atoms with Crippen LogP contribution in [0.4, 0.5) is 4.39 Å². The van der Waals surface area contributed by atoms with Crippen molar-refractivity contribution in [1.82, 2.24) is 10.2 Å². The third-order valence-electron chi connectivity index (χ3n) is 7.43. The van der Waals surface area contributed by atoms with Gasteiger partial charge in [-0.2, -0.15) is 0 Å². The van der Waals surface area contributed by atoms with Crippen molar-refractivity contribution in [2.24, 2.45) is 11.8 Å². The van der Waals surface area contributed by atoms with Crippen molar-refractivity contribution in [3.8, 4) is 0 Å². The molecular weight excluding hydrogens is 419 g/mol. The Kier molecular flexibility index (Phi) is 7.91. The number of carbonyl (C=O) groups excluding carboxylic acids is 1. The van der Waals surface area contributed by atoms with Crippen molar-refractivity contribution in [1.29, 1.82) is 0 Å². The van der Waals surface area contributed by atoms with Gasteiger partial charge in [0.2, 0.25) is 0 Å². The molecular formula is C27H35FN2O3. The molecule has 0 saturated carbocycles. The van der Waals surface area contributed by atoms with E-state index in [1.807, 2.05) is 36.4 Å². The normalized spacial score (nSPS) is 28.5. The van der Waals surface area contributed by atoms with Gasteiger partial charge in [-0.3, -0.25) is 9.69 Å². The molecule has 4 rings (SSSR count). The van der Waals surface area contributed by atoms with Crippen LogP contribution in [0.15, 0.2) is 48.5 Å². The maximum atomic E-state index is 14.7. The molecule has 0 spiro atoms. The minimum Gasteiger partial charge on any atom is -0.391 e. The third-order valence-corrected chi connectivity index (χ3v) is 7.43. The Bertz CT molecular complexity index is 938. The fourth-order valence-corrected chi connectivity index (χ4v) is 5.74. The third kappa shape index (κ3) is 5.19. The van der Waals surface area contributed by atoms with E-state index in [0.29, 0.717) is 30.8 Å². The average molecular weight is 455 g/mol. The maximum Gasteiger partial charge on any atom is 0.167 e. The lowest BCUT2D eigenvalue weighted by atomic mass is 9.66. The number of likely N-dealkylation sites (tertiary alicyclic amines) is 1. The number of hydrogen-bond donors (Lipinski definition) is 2. The standard InChI is InChI=1S/C27H35FN2O3/c1-18-20(10-6-11-23(18)28)25-21(26-24(31)12-7-13-29-26)16-30(14-15-33-2)17-22(25)27(32)19-8-4-3-5-9-19/h3-6,8-11,21-22,24-26,29,31H,7,12-17H2,1-2H3/t21-,22?,24-,25+,26+/m0/s1. The summed E-state index contributed by atoms with van der Waals surface area (Å²) >= 11 is 0. The lowest BCUT2D eigenvalue weighted by Crippen LogP contribution is -2.59. The number of carbonyl (C=O) groups is 1. The number of nitrogens with one attached hydrogen (secondary N) is 1. The lowest BCUT2D eigenvalue weighted by molar-refractivity contribution is 0.00674. The van der Waals surface area contributed by atoms with Crippen LogP contribution in [-0.4, -0.2) is 67.8 Å². The summed E-state index contributed by atoms with van der Waals surface area (Å²) in [6.07, 6.45) is 1.17. The first-order chi connectivity index (χ1) is 16.0. The number of methoxy groups -OCH3 is 1. The minimum atomic E-state index is -0.491. The van der Waals surface area contributed by atoms with E-state index in [0.717, 1.165) is 31.5 Å². The van der Waals surface area contributed by atoms with Crippen molar-refractivity contribution in [2.45, 2.75) is 37.8 Å². The van der Waals surface area contributed by atoms with Crippen molar-refractivity contribution >= 4 is 5.78 Å². The van der Waals surface area contributed by atoms with Crippen LogP contribution < -0.4 is 5.32 Å². The zero-order valence-electron chi connectivity index (χ0n) is 19.5. The van der Waals surface area contributed by atoms with E-state index in [4.69, 9.17) is 4.74 Å². The van der Waals surface area contributed by atoms with Gasteiger partial charge in [-0.05, 0) is 49.4 Å². The highest BCUT2D eigenvalue weighted by atomic mass is 19.1. The van der Waals surface area contributed by atoms with Crippen LogP contribution in [0.25, 0.3) is 0 Å². The van der Waals surface area contributed by atoms with Crippen LogP contribution in [0.5, 0.6) is 0 Å². The van der Waals surface area contributed by atoms with Crippen molar-refractivity contribution < 1.29 is 19.0 Å². The molecule has 2 aromatic carbocycles. The Morgan fingerprint density at radius 2 is 1.97 bits per heavy atom. The Labute approximate surface area is 195 Å². The summed E-state index contributed by atoms with van der Waals surface area (Å²) in [5, 5.41) is 14.5. The monoisotopic (exact) mass is 454 g/mol. The van der Waals surface area contributed by atoms with E-state index in [9.17, 15) is 14.3 Å². The van der Waals surface area contributed by atoms with Gasteiger partial charge < -0.3 is 15.2 Å². The summed E-state index contributed by atoms with van der Waals surface area (Å²) in [6.45, 7) is 5.22. The Morgan fingerprint density at radius 1 is 1.18 bits per heavy atom. The van der Waals surface area contributed by atoms with Crippen LogP contribution in [0.3, 0.4) is 0 Å². The molecule has 0 bridgehead atoms. The van der Waals surface area contributed by atoms with E-state index in [1.54, 1.807) is 20.1 Å². The molecule has 5 nitrogen and oxygen atoms in total. The number of nitrogens with zero attached hydrogens (tertiary/aromatic N) is 1. The van der Waals surface area contributed by atoms with E-state index in [-0.39, 0.29) is 35.4 Å². The van der Waals surface area contributed by atoms with Gasteiger partial charge >= 0.3 is 0 Å². The summed E-state index contributed by atoms with van der Waals surface area (Å²) in [5.41, 5.74) is 2.14. The zero-order chi connectivity index (χ0) is 23.4. The van der Waals surface area contributed by atoms with E-state index < -0.39 is 6.10 Å². The van der Waals surface area contributed by atoms with E-state index >= 15 is 0 Å². The second-order valence-electron chi connectivity index (χ2n) is 9.42. The van der Waals surface area contributed by atoms with Gasteiger partial charge in [0.05, 0.1) is 12.7 Å². The molecule has 5 atom stereocenters. The Morgan fingerprint density at radius 3 is 2.70 bits per heavy atom. The quantitative estimate of drug-likeness (QED) is 0.628. The molecule has 2 fully saturated rings. The molecule has 2 aromatic rings. The second kappa shape index (κ2) is 10.9. The molecule has 33 heavy (non-hydrogen) atoms. The highest BCUT2D eigenvalue weighted by Crippen LogP contribution is 2.43. The summed E-state index contributed by atoms with van der Waals surface area (Å²) in [5.74, 6) is -0.765. The molecule has 2 heterocycles. The lowest BCUT2D eigenvalue weighted by Gasteiger charge is -2.49. The molecule has 178 valence electrons. The summed E-state index contributed by atoms with van der Waals surface area (Å²) in [4.78, 5) is 16.1. The molecule has 0 aromatic heterocycles. The highest BCUT2D eigenvalue weighted by Gasteiger charge is 2.47. The molecule has 0 radical (unpaired) electrons. The number of piperidine rings is 2. The van der Waals surface area contributed by atoms with E-state index in [1.165, 1.54) is 6.07 Å². The van der Waals surface area contributed by atoms with Gasteiger partial charge in [0, 0.05) is 50.2 Å². The van der Waals surface area contributed by atoms with Crippen molar-refractivity contribution in [2.75, 3.05) is 39.9 Å². The predicted molar refractivity (Wildman–Crippen MR) is 127 cm³/mol. The van der Waals surface area contributed by atoms with E-state index in [2.05, 4.69) is 10.2 Å². The van der Waals surface area contributed by atoms with Crippen LogP contribution >= 0.6 is 0 Å². The van der Waals surface area contributed by atoms with Gasteiger partial charge in [0.15, 0.2) is 5.78 Å². The van der Waals surface area contributed by atoms with Crippen molar-refractivity contribution in [3.05, 3.63) is 71.0 Å². The fraction of sp³-hybridized carbons (Fsp3) is 0.519. The summed E-state index contributed by atoms with van der Waals surface area (Å²) < 4.78 is 20.0. The maximum absolute atomic E-state index is 14.7. The number of halogens is 1. The van der Waals surface area contributed by atoms with Gasteiger partial charge in [-0.25, -0.2) is 4.39 Å². The first-order valence-electron chi connectivity index (χ1n) is 12.0. The number of Topliss-reactive ketones (excluding diaryl/α,β-unsaturated/α-hetero) is 1. The number of aliphatic hydroxyl groups excluding tert-OH is 1. The smallest absolute Gasteiger partial charge is 0.167 e. The first-order valence-corrected chi connectivity index (χ1v) is 12.0. The van der Waals surface area contributed by atoms with Crippen molar-refractivity contribution in [3.63, 3.8) is 0 Å². The number of aliphatic hydroxyl groups is 1. The molecule has 0 aliphatic carbocycles. The SMILES string of the molecule is COCCN1CC(C(=O)c2ccccc2)[C@H](c2cccc(F)c2C)[C@@H]([C@H]2NCCC[C@@H]2O)C1. The highest BCUT2D eigenvalue weighted by molar-refractivity contribution is 5.98. The number of ether oxygens (including phenoxy) is 1. The first kappa shape index (κ1) is 24.0. The number of ketones is 1. The largest absolute Gasteiger partial charge is 0.391 e. The summed E-state index contributed by atoms with van der Waals surface area (Å²) in [7, 11) is 1.68. The van der Waals surface area contributed by atoms with Crippen LogP contribution in [0.2, 0.25) is 0 Å². The second-order valence-corrected chi connectivity index (χ2v) is 9.42. The van der Waals surface area contributed by atoms with Crippen LogP contribution in [-0.2, 0) is 4.74 Å². The number of benzene rings is 2. The molecule has 2 saturated heterocycles. The number of hydrogen-bond acceptors (Lipinski definition) is 5. The van der Waals surface area contributed by atoms with Gasteiger partial charge in [0.25, 0.3) is 0 Å². The van der Waals surface area contributed by atoms with Crippen LogP contribution in [0, 0.1) is 24.6 Å². The number of rotatable bonds is 7. The molecule has 2 aliphatic heterocycles. The average Bonchev–Trinajstić information content (AvgIpc) is 2.84. The molecule has 2 N–H and O–H groups in total. The zero-order valence-corrected chi connectivity index (χ0v) is 19.5. The predicted octanol–water partition coefficient (Wildman–Crippen LogP) is 3.41. The molecule has 6 heteroatoms. The minimum absolute atomic E-state index is 0.0379. The Balaban J connectivity index is 1.80. The summed E-state index contributed by atoms with van der Waals surface area (Å²) in [6, 6.07) is 14.4. The van der Waals surface area contributed by atoms with Crippen LogP contribution in [0.1, 0.15) is 40.2 Å². The molecule has 1 unspecified atom stereocenters. The fourth-order valence-electron chi connectivity index (χ4n) is 5.74. The van der Waals surface area contributed by atoms with Gasteiger partial charge in [-0.15, -0.1) is 0 Å². The molecule has 2 aliphatic rings. The van der Waals surface area contributed by atoms with Gasteiger partial charge in [-0.1, -0.05) is 42.5 Å². The van der Waals surface area contributed by atoms with Gasteiger partial charge in [0.1, 0.15) is 5.82 Å². The molecule has 0 amide bonds. The Hall–Kier alpha value is -2.12.